The lowest BCUT2D eigenvalue weighted by Gasteiger charge is -2.19. The van der Waals surface area contributed by atoms with Crippen LogP contribution >= 0.6 is 0 Å². The highest BCUT2D eigenvalue weighted by Crippen LogP contribution is 2.25. The van der Waals surface area contributed by atoms with E-state index in [1.54, 1.807) is 6.20 Å². The number of hydrogen-bond donors (Lipinski definition) is 1. The highest BCUT2D eigenvalue weighted by molar-refractivity contribution is 5.60. The van der Waals surface area contributed by atoms with Gasteiger partial charge in [0.15, 0.2) is 5.82 Å². The van der Waals surface area contributed by atoms with Crippen LogP contribution in [0, 0.1) is 0 Å². The van der Waals surface area contributed by atoms with E-state index < -0.39 is 0 Å². The van der Waals surface area contributed by atoms with Gasteiger partial charge in [0.25, 0.3) is 0 Å². The summed E-state index contributed by atoms with van der Waals surface area (Å²) in [6.07, 6.45) is 1.70. The molecule has 0 atom stereocenters. The summed E-state index contributed by atoms with van der Waals surface area (Å²) in [7, 11) is 0. The van der Waals surface area contributed by atoms with E-state index in [0.29, 0.717) is 11.9 Å². The number of para-hydroxylation sites is 1. The first-order valence-corrected chi connectivity index (χ1v) is 7.46. The summed E-state index contributed by atoms with van der Waals surface area (Å²) in [5, 5.41) is 11.4. The third-order valence-corrected chi connectivity index (χ3v) is 3.46. The Kier molecular flexibility index (Phi) is 5.09. The Hall–Kier alpha value is -2.17. The Bertz CT molecular complexity index is 578. The summed E-state index contributed by atoms with van der Waals surface area (Å²) in [4.78, 5) is 6.70. The molecule has 0 unspecified atom stereocenters. The lowest BCUT2D eigenvalue weighted by Crippen LogP contribution is -2.23. The average Bonchev–Trinajstić information content (AvgIpc) is 2.49. The molecule has 112 valence electrons. The monoisotopic (exact) mass is 285 g/mol. The zero-order valence-electron chi connectivity index (χ0n) is 13.2. The van der Waals surface area contributed by atoms with Crippen molar-refractivity contribution >= 4 is 17.5 Å². The Morgan fingerprint density at radius 2 is 1.86 bits per heavy atom. The molecule has 0 amide bonds. The maximum atomic E-state index is 4.55. The number of benzene rings is 1. The van der Waals surface area contributed by atoms with Gasteiger partial charge >= 0.3 is 0 Å². The smallest absolute Gasteiger partial charge is 0.249 e. The Balaban J connectivity index is 2.26. The third-order valence-electron chi connectivity index (χ3n) is 3.46. The van der Waals surface area contributed by atoms with Crippen LogP contribution in [0.5, 0.6) is 0 Å². The van der Waals surface area contributed by atoms with Crippen molar-refractivity contribution in [1.29, 1.82) is 0 Å². The molecule has 0 aliphatic heterocycles. The minimum atomic E-state index is 0.438. The molecular weight excluding hydrogens is 262 g/mol. The molecule has 0 radical (unpaired) electrons. The van der Waals surface area contributed by atoms with Crippen LogP contribution in [0.4, 0.5) is 17.5 Å². The highest BCUT2D eigenvalue weighted by atomic mass is 15.3. The number of nitrogens with one attached hydrogen (secondary N) is 1. The third kappa shape index (κ3) is 3.68. The predicted octanol–water partition coefficient (Wildman–Crippen LogP) is 3.58. The van der Waals surface area contributed by atoms with Crippen molar-refractivity contribution in [2.75, 3.05) is 23.3 Å². The molecule has 0 fully saturated rings. The molecule has 0 spiro atoms. The van der Waals surface area contributed by atoms with Crippen molar-refractivity contribution in [1.82, 2.24) is 15.2 Å². The molecule has 0 saturated carbocycles. The van der Waals surface area contributed by atoms with Gasteiger partial charge in [0.05, 0.1) is 6.20 Å². The maximum absolute atomic E-state index is 4.55. The van der Waals surface area contributed by atoms with Crippen molar-refractivity contribution in [3.05, 3.63) is 36.0 Å². The van der Waals surface area contributed by atoms with E-state index in [4.69, 9.17) is 0 Å². The first-order chi connectivity index (χ1) is 10.2. The number of aromatic nitrogens is 3. The van der Waals surface area contributed by atoms with Gasteiger partial charge in [-0.15, -0.1) is 5.10 Å². The Labute approximate surface area is 126 Å². The van der Waals surface area contributed by atoms with Crippen LogP contribution < -0.4 is 10.2 Å². The van der Waals surface area contributed by atoms with Crippen molar-refractivity contribution in [2.24, 2.45) is 0 Å². The molecule has 0 aliphatic rings. The lowest BCUT2D eigenvalue weighted by molar-refractivity contribution is 0.825. The molecule has 1 N–H and O–H groups in total. The normalized spacial score (nSPS) is 10.7. The molecule has 0 bridgehead atoms. The van der Waals surface area contributed by atoms with Crippen molar-refractivity contribution in [3.63, 3.8) is 0 Å². The molecule has 5 heteroatoms. The number of hydrogen-bond acceptors (Lipinski definition) is 5. The van der Waals surface area contributed by atoms with Crippen LogP contribution in [0.15, 0.2) is 30.5 Å². The largest absolute Gasteiger partial charge is 0.356 e. The van der Waals surface area contributed by atoms with Crippen LogP contribution in [0.2, 0.25) is 0 Å². The fraction of sp³-hybridized carbons (Fsp3) is 0.438. The van der Waals surface area contributed by atoms with Gasteiger partial charge in [-0.2, -0.15) is 10.1 Å². The van der Waals surface area contributed by atoms with Gasteiger partial charge in [-0.3, -0.25) is 0 Å². The maximum Gasteiger partial charge on any atom is 0.249 e. The summed E-state index contributed by atoms with van der Waals surface area (Å²) in [6.45, 7) is 10.4. The second-order valence-electron chi connectivity index (χ2n) is 5.18. The first kappa shape index (κ1) is 15.2. The lowest BCUT2D eigenvalue weighted by atomic mass is 10.0. The van der Waals surface area contributed by atoms with Crippen molar-refractivity contribution in [3.8, 4) is 0 Å². The molecule has 1 aromatic carbocycles. The van der Waals surface area contributed by atoms with E-state index in [1.807, 2.05) is 18.2 Å². The SMILES string of the molecule is CCN(CC)c1cnnc(Nc2ccccc2C(C)C)n1. The number of rotatable bonds is 6. The molecule has 1 aromatic heterocycles. The highest BCUT2D eigenvalue weighted by Gasteiger charge is 2.09. The topological polar surface area (TPSA) is 53.9 Å². The van der Waals surface area contributed by atoms with E-state index in [1.165, 1.54) is 5.56 Å². The predicted molar refractivity (Wildman–Crippen MR) is 87.2 cm³/mol. The second-order valence-corrected chi connectivity index (χ2v) is 5.18. The standard InChI is InChI=1S/C16H23N5/c1-5-21(6-2)15-11-17-20-16(19-15)18-14-10-8-7-9-13(14)12(3)4/h7-12H,5-6H2,1-4H3,(H,18,19,20). The average molecular weight is 285 g/mol. The fourth-order valence-electron chi connectivity index (χ4n) is 2.28. The summed E-state index contributed by atoms with van der Waals surface area (Å²) in [6, 6.07) is 8.22. The van der Waals surface area contributed by atoms with Crippen LogP contribution in [0.3, 0.4) is 0 Å². The summed E-state index contributed by atoms with van der Waals surface area (Å²) in [5.41, 5.74) is 2.28. The minimum absolute atomic E-state index is 0.438. The molecule has 5 nitrogen and oxygen atoms in total. The van der Waals surface area contributed by atoms with Crippen LogP contribution in [-0.4, -0.2) is 28.3 Å². The molecule has 0 aliphatic carbocycles. The van der Waals surface area contributed by atoms with E-state index in [0.717, 1.165) is 24.6 Å². The molecular formula is C16H23N5. The van der Waals surface area contributed by atoms with Gasteiger partial charge in [0, 0.05) is 18.8 Å². The van der Waals surface area contributed by atoms with E-state index >= 15 is 0 Å². The number of nitrogens with zero attached hydrogens (tertiary/aromatic N) is 4. The molecule has 1 heterocycles. The summed E-state index contributed by atoms with van der Waals surface area (Å²) >= 11 is 0. The van der Waals surface area contributed by atoms with Gasteiger partial charge in [-0.05, 0) is 31.4 Å². The van der Waals surface area contributed by atoms with Gasteiger partial charge in [0.2, 0.25) is 5.95 Å². The van der Waals surface area contributed by atoms with E-state index in [9.17, 15) is 0 Å². The van der Waals surface area contributed by atoms with Gasteiger partial charge in [-0.25, -0.2) is 0 Å². The van der Waals surface area contributed by atoms with Gasteiger partial charge in [-0.1, -0.05) is 32.0 Å². The quantitative estimate of drug-likeness (QED) is 0.879. The zero-order chi connectivity index (χ0) is 15.2. The van der Waals surface area contributed by atoms with E-state index in [2.05, 4.69) is 59.2 Å². The molecule has 0 saturated heterocycles. The second kappa shape index (κ2) is 7.02. The Morgan fingerprint density at radius 3 is 2.52 bits per heavy atom. The van der Waals surface area contributed by atoms with Crippen LogP contribution in [-0.2, 0) is 0 Å². The Morgan fingerprint density at radius 1 is 1.14 bits per heavy atom. The summed E-state index contributed by atoms with van der Waals surface area (Å²) < 4.78 is 0. The van der Waals surface area contributed by atoms with Gasteiger partial charge in [0.1, 0.15) is 0 Å². The van der Waals surface area contributed by atoms with Crippen molar-refractivity contribution < 1.29 is 0 Å². The van der Waals surface area contributed by atoms with E-state index in [-0.39, 0.29) is 0 Å². The van der Waals surface area contributed by atoms with Crippen LogP contribution in [0.1, 0.15) is 39.2 Å². The van der Waals surface area contributed by atoms with Crippen LogP contribution in [0.25, 0.3) is 0 Å². The molecule has 21 heavy (non-hydrogen) atoms. The first-order valence-electron chi connectivity index (χ1n) is 7.46. The fourth-order valence-corrected chi connectivity index (χ4v) is 2.28. The zero-order valence-corrected chi connectivity index (χ0v) is 13.2. The molecule has 2 rings (SSSR count). The minimum Gasteiger partial charge on any atom is -0.356 e. The van der Waals surface area contributed by atoms with Gasteiger partial charge < -0.3 is 10.2 Å². The molecule has 2 aromatic rings. The number of anilines is 3. The summed E-state index contributed by atoms with van der Waals surface area (Å²) in [5.74, 6) is 1.82. The van der Waals surface area contributed by atoms with Crippen molar-refractivity contribution in [2.45, 2.75) is 33.6 Å².